The summed E-state index contributed by atoms with van der Waals surface area (Å²) in [5, 5.41) is 6.62. The molecule has 2 rings (SSSR count). The predicted molar refractivity (Wildman–Crippen MR) is 116 cm³/mol. The largest absolute Gasteiger partial charge is 0.365 e. The van der Waals surface area contributed by atoms with Crippen LogP contribution in [0.5, 0.6) is 0 Å². The fraction of sp³-hybridized carbons (Fsp3) is 0.650. The Morgan fingerprint density at radius 3 is 2.59 bits per heavy atom. The first-order chi connectivity index (χ1) is 12.6. The second-order valence-electron chi connectivity index (χ2n) is 8.34. The van der Waals surface area contributed by atoms with Crippen molar-refractivity contribution in [3.8, 4) is 0 Å². The van der Waals surface area contributed by atoms with Crippen LogP contribution in [0.4, 0.5) is 5.00 Å². The second-order valence-corrected chi connectivity index (χ2v) is 9.85. The molecule has 1 atom stereocenters. The lowest BCUT2D eigenvalue weighted by Gasteiger charge is -2.33. The van der Waals surface area contributed by atoms with Gasteiger partial charge in [0.25, 0.3) is 5.91 Å². The Morgan fingerprint density at radius 1 is 1.30 bits per heavy atom. The standard InChI is InChI=1S/C20H31N3O2S2/c1-5-6-7-8-15(24)22-19(26)23-18-16(17(21)25)13-10-9-12(20(2,3)4)11-14(13)27-18/h12H,5-11H2,1-4H3,(H2,21,25)(H2,22,23,24,26). The number of nitrogens with one attached hydrogen (secondary N) is 2. The quantitative estimate of drug-likeness (QED) is 0.480. The van der Waals surface area contributed by atoms with Gasteiger partial charge in [0.2, 0.25) is 5.91 Å². The van der Waals surface area contributed by atoms with E-state index in [0.29, 0.717) is 22.9 Å². The first-order valence-corrected chi connectivity index (χ1v) is 10.9. The normalized spacial score (nSPS) is 16.5. The summed E-state index contributed by atoms with van der Waals surface area (Å²) in [7, 11) is 0. The number of carbonyl (C=O) groups excluding carboxylic acids is 2. The van der Waals surface area contributed by atoms with Crippen molar-refractivity contribution in [3.63, 3.8) is 0 Å². The summed E-state index contributed by atoms with van der Waals surface area (Å²) < 4.78 is 0. The molecule has 0 aromatic carbocycles. The number of thiocarbonyl (C=S) groups is 1. The molecular weight excluding hydrogens is 378 g/mol. The van der Waals surface area contributed by atoms with E-state index < -0.39 is 5.91 Å². The van der Waals surface area contributed by atoms with Crippen molar-refractivity contribution in [1.82, 2.24) is 5.32 Å². The highest BCUT2D eigenvalue weighted by molar-refractivity contribution is 7.80. The van der Waals surface area contributed by atoms with Crippen LogP contribution in [0.25, 0.3) is 0 Å². The predicted octanol–water partition coefficient (Wildman–Crippen LogP) is 4.39. The van der Waals surface area contributed by atoms with Gasteiger partial charge < -0.3 is 16.4 Å². The van der Waals surface area contributed by atoms with Crippen molar-refractivity contribution in [1.29, 1.82) is 0 Å². The molecule has 1 aromatic rings. The first kappa shape index (κ1) is 21.8. The fourth-order valence-corrected chi connectivity index (χ4v) is 5.15. The minimum atomic E-state index is -0.443. The van der Waals surface area contributed by atoms with E-state index in [4.69, 9.17) is 18.0 Å². The topological polar surface area (TPSA) is 84.2 Å². The summed E-state index contributed by atoms with van der Waals surface area (Å²) in [5.41, 5.74) is 7.47. The van der Waals surface area contributed by atoms with Gasteiger partial charge in [-0.2, -0.15) is 0 Å². The molecule has 1 aromatic heterocycles. The Hall–Kier alpha value is -1.47. The molecule has 150 valence electrons. The molecule has 1 heterocycles. The lowest BCUT2D eigenvalue weighted by molar-refractivity contribution is -0.119. The number of anilines is 1. The monoisotopic (exact) mass is 409 g/mol. The van der Waals surface area contributed by atoms with Gasteiger partial charge in [-0.05, 0) is 54.8 Å². The van der Waals surface area contributed by atoms with Crippen LogP contribution in [0.2, 0.25) is 0 Å². The van der Waals surface area contributed by atoms with Crippen molar-refractivity contribution in [2.45, 2.75) is 72.6 Å². The Balaban J connectivity index is 2.11. The van der Waals surface area contributed by atoms with E-state index in [0.717, 1.165) is 44.1 Å². The smallest absolute Gasteiger partial charge is 0.251 e. The fourth-order valence-electron chi connectivity index (χ4n) is 3.53. The summed E-state index contributed by atoms with van der Waals surface area (Å²) in [6.45, 7) is 8.87. The highest BCUT2D eigenvalue weighted by Crippen LogP contribution is 2.44. The number of primary amides is 1. The second kappa shape index (κ2) is 9.15. The van der Waals surface area contributed by atoms with Gasteiger partial charge in [-0.15, -0.1) is 11.3 Å². The lowest BCUT2D eigenvalue weighted by atomic mass is 9.72. The Labute approximate surface area is 171 Å². The van der Waals surface area contributed by atoms with Gasteiger partial charge in [-0.1, -0.05) is 40.5 Å². The number of fused-ring (bicyclic) bond motifs is 1. The molecule has 1 unspecified atom stereocenters. The Bertz CT molecular complexity index is 720. The maximum Gasteiger partial charge on any atom is 0.251 e. The summed E-state index contributed by atoms with van der Waals surface area (Å²) in [6, 6.07) is 0. The molecule has 2 amide bonds. The van der Waals surface area contributed by atoms with E-state index in [2.05, 4.69) is 38.3 Å². The van der Waals surface area contributed by atoms with Crippen molar-refractivity contribution in [2.24, 2.45) is 17.1 Å². The molecule has 0 spiro atoms. The van der Waals surface area contributed by atoms with E-state index >= 15 is 0 Å². The van der Waals surface area contributed by atoms with Crippen molar-refractivity contribution in [3.05, 3.63) is 16.0 Å². The van der Waals surface area contributed by atoms with Crippen LogP contribution in [0.15, 0.2) is 0 Å². The number of amides is 2. The lowest BCUT2D eigenvalue weighted by Crippen LogP contribution is -2.34. The van der Waals surface area contributed by atoms with E-state index in [1.165, 1.54) is 16.2 Å². The molecule has 0 fully saturated rings. The molecule has 7 heteroatoms. The van der Waals surface area contributed by atoms with Gasteiger partial charge in [0, 0.05) is 11.3 Å². The molecule has 0 saturated heterocycles. The van der Waals surface area contributed by atoms with Crippen molar-refractivity contribution >= 4 is 45.5 Å². The first-order valence-electron chi connectivity index (χ1n) is 9.68. The third-order valence-electron chi connectivity index (χ3n) is 5.22. The highest BCUT2D eigenvalue weighted by atomic mass is 32.1. The van der Waals surface area contributed by atoms with Crippen LogP contribution in [0, 0.1) is 11.3 Å². The minimum Gasteiger partial charge on any atom is -0.365 e. The highest BCUT2D eigenvalue weighted by Gasteiger charge is 2.33. The van der Waals surface area contributed by atoms with Crippen LogP contribution < -0.4 is 16.4 Å². The molecule has 0 bridgehead atoms. The zero-order chi connectivity index (χ0) is 20.2. The molecule has 0 aliphatic heterocycles. The average Bonchev–Trinajstić information content (AvgIpc) is 2.90. The summed E-state index contributed by atoms with van der Waals surface area (Å²) >= 11 is 6.81. The zero-order valence-electron chi connectivity index (χ0n) is 16.7. The van der Waals surface area contributed by atoms with Gasteiger partial charge in [-0.3, -0.25) is 9.59 Å². The van der Waals surface area contributed by atoms with Crippen LogP contribution in [0.3, 0.4) is 0 Å². The van der Waals surface area contributed by atoms with E-state index in [9.17, 15) is 9.59 Å². The summed E-state index contributed by atoms with van der Waals surface area (Å²) in [5.74, 6) is 0.0272. The SMILES string of the molecule is CCCCCC(=O)NC(=S)Nc1sc2c(c1C(N)=O)CCC(C(C)(C)C)C2. The van der Waals surface area contributed by atoms with Gasteiger partial charge in [0.05, 0.1) is 5.56 Å². The van der Waals surface area contributed by atoms with Crippen LogP contribution in [0.1, 0.15) is 80.6 Å². The molecule has 1 aliphatic rings. The zero-order valence-corrected chi connectivity index (χ0v) is 18.4. The Kier molecular flexibility index (Phi) is 7.40. The number of nitrogens with two attached hydrogens (primary N) is 1. The molecular formula is C20H31N3O2S2. The molecule has 0 saturated carbocycles. The maximum absolute atomic E-state index is 12.1. The molecule has 5 nitrogen and oxygen atoms in total. The van der Waals surface area contributed by atoms with Crippen molar-refractivity contribution in [2.75, 3.05) is 5.32 Å². The van der Waals surface area contributed by atoms with Crippen LogP contribution >= 0.6 is 23.6 Å². The van der Waals surface area contributed by atoms with Crippen molar-refractivity contribution < 1.29 is 9.59 Å². The number of rotatable bonds is 6. The molecule has 1 aliphatic carbocycles. The maximum atomic E-state index is 12.1. The number of hydrogen-bond donors (Lipinski definition) is 3. The molecule has 27 heavy (non-hydrogen) atoms. The molecule has 4 N–H and O–H groups in total. The minimum absolute atomic E-state index is 0.101. The summed E-state index contributed by atoms with van der Waals surface area (Å²) in [6.07, 6.45) is 6.23. The van der Waals surface area contributed by atoms with Crippen LogP contribution in [-0.2, 0) is 17.6 Å². The van der Waals surface area contributed by atoms with E-state index in [-0.39, 0.29) is 16.4 Å². The van der Waals surface area contributed by atoms with E-state index in [1.54, 1.807) is 0 Å². The third kappa shape index (κ3) is 5.75. The molecule has 0 radical (unpaired) electrons. The van der Waals surface area contributed by atoms with Gasteiger partial charge in [0.1, 0.15) is 5.00 Å². The average molecular weight is 410 g/mol. The number of unbranched alkanes of at least 4 members (excludes halogenated alkanes) is 2. The van der Waals surface area contributed by atoms with Gasteiger partial charge in [0.15, 0.2) is 5.11 Å². The number of thiophene rings is 1. The summed E-state index contributed by atoms with van der Waals surface area (Å²) in [4.78, 5) is 25.2. The van der Waals surface area contributed by atoms with Crippen LogP contribution in [-0.4, -0.2) is 16.9 Å². The number of carbonyl (C=O) groups is 2. The van der Waals surface area contributed by atoms with E-state index in [1.807, 2.05) is 0 Å². The van der Waals surface area contributed by atoms with Gasteiger partial charge in [-0.25, -0.2) is 0 Å². The third-order valence-corrected chi connectivity index (χ3v) is 6.60. The number of hydrogen-bond acceptors (Lipinski definition) is 4. The Morgan fingerprint density at radius 2 is 2.00 bits per heavy atom. The van der Waals surface area contributed by atoms with Gasteiger partial charge >= 0.3 is 0 Å².